The third-order valence-corrected chi connectivity index (χ3v) is 5.81. The van der Waals surface area contributed by atoms with Crippen LogP contribution >= 0.6 is 0 Å². The predicted octanol–water partition coefficient (Wildman–Crippen LogP) is 7.95. The van der Waals surface area contributed by atoms with Crippen LogP contribution < -0.4 is 0 Å². The monoisotopic (exact) mass is 376 g/mol. The third-order valence-electron chi connectivity index (χ3n) is 5.81. The Hall–Kier alpha value is -3.12. The highest BCUT2D eigenvalue weighted by atomic mass is 14.5. The summed E-state index contributed by atoms with van der Waals surface area (Å²) in [7, 11) is 0. The molecule has 2 aliphatic rings. The second-order valence-electron chi connectivity index (χ2n) is 7.63. The molecule has 1 spiro atoms. The van der Waals surface area contributed by atoms with Gasteiger partial charge in [0.25, 0.3) is 0 Å². The van der Waals surface area contributed by atoms with Gasteiger partial charge in [0.05, 0.1) is 5.41 Å². The van der Waals surface area contributed by atoms with Gasteiger partial charge < -0.3 is 0 Å². The topological polar surface area (TPSA) is 0 Å². The zero-order valence-corrected chi connectivity index (χ0v) is 17.6. The fourth-order valence-corrected chi connectivity index (χ4v) is 4.96. The molecule has 0 amide bonds. The molecule has 0 aliphatic heterocycles. The second kappa shape index (κ2) is 7.72. The van der Waals surface area contributed by atoms with Crippen LogP contribution in [0.4, 0.5) is 0 Å². The summed E-state index contributed by atoms with van der Waals surface area (Å²) in [5.74, 6) is 0. The first-order valence-electron chi connectivity index (χ1n) is 10.5. The minimum atomic E-state index is -0.264. The SMILES string of the molecule is C=CC1=C(/C=C\C)c2ccccc2C12c1ccccc1-c1ccccc12.CCC. The van der Waals surface area contributed by atoms with Crippen molar-refractivity contribution in [3.8, 4) is 11.1 Å². The van der Waals surface area contributed by atoms with Crippen molar-refractivity contribution in [2.45, 2.75) is 32.6 Å². The maximum Gasteiger partial charge on any atom is 0.0725 e. The number of fused-ring (bicyclic) bond motifs is 7. The normalized spacial score (nSPS) is 15.0. The summed E-state index contributed by atoms with van der Waals surface area (Å²) in [6, 6.07) is 26.5. The summed E-state index contributed by atoms with van der Waals surface area (Å²) in [6.07, 6.45) is 7.67. The average Bonchev–Trinajstić information content (AvgIpc) is 3.21. The van der Waals surface area contributed by atoms with Gasteiger partial charge in [-0.25, -0.2) is 0 Å². The number of benzene rings is 3. The molecule has 144 valence electrons. The highest BCUT2D eigenvalue weighted by molar-refractivity contribution is 5.97. The molecule has 0 unspecified atom stereocenters. The number of allylic oxidation sites excluding steroid dienone is 5. The molecule has 0 saturated carbocycles. The molecular weight excluding hydrogens is 348 g/mol. The van der Waals surface area contributed by atoms with E-state index in [0.29, 0.717) is 0 Å². The molecule has 0 N–H and O–H groups in total. The van der Waals surface area contributed by atoms with Crippen LogP contribution in [0.1, 0.15) is 49.4 Å². The first-order valence-corrected chi connectivity index (χ1v) is 10.5. The van der Waals surface area contributed by atoms with E-state index in [1.165, 1.54) is 50.9 Å². The van der Waals surface area contributed by atoms with E-state index < -0.39 is 0 Å². The van der Waals surface area contributed by atoms with Crippen LogP contribution in [0.3, 0.4) is 0 Å². The molecule has 5 rings (SSSR count). The molecule has 3 aromatic carbocycles. The molecule has 0 saturated heterocycles. The zero-order valence-electron chi connectivity index (χ0n) is 17.6. The zero-order chi connectivity index (χ0) is 20.4. The lowest BCUT2D eigenvalue weighted by Crippen LogP contribution is -2.26. The third kappa shape index (κ3) is 2.59. The van der Waals surface area contributed by atoms with Gasteiger partial charge in [0.1, 0.15) is 0 Å². The molecule has 0 nitrogen and oxygen atoms in total. The first-order chi connectivity index (χ1) is 14.2. The lowest BCUT2D eigenvalue weighted by atomic mass is 9.69. The van der Waals surface area contributed by atoms with Crippen LogP contribution in [0.2, 0.25) is 0 Å². The Morgan fingerprint density at radius 2 is 1.14 bits per heavy atom. The highest BCUT2D eigenvalue weighted by Crippen LogP contribution is 2.61. The second-order valence-corrected chi connectivity index (χ2v) is 7.63. The van der Waals surface area contributed by atoms with Crippen LogP contribution in [-0.4, -0.2) is 0 Å². The van der Waals surface area contributed by atoms with Gasteiger partial charge in [0, 0.05) is 0 Å². The van der Waals surface area contributed by atoms with Gasteiger partial charge >= 0.3 is 0 Å². The number of hydrogen-bond donors (Lipinski definition) is 0. The molecule has 0 atom stereocenters. The smallest absolute Gasteiger partial charge is 0.0725 e. The molecule has 0 fully saturated rings. The van der Waals surface area contributed by atoms with Crippen molar-refractivity contribution in [2.75, 3.05) is 0 Å². The minimum absolute atomic E-state index is 0.264. The average molecular weight is 377 g/mol. The van der Waals surface area contributed by atoms with E-state index in [4.69, 9.17) is 0 Å². The molecule has 0 heterocycles. The molecule has 29 heavy (non-hydrogen) atoms. The standard InChI is InChI=1S/C26H20.C3H8/c1-3-11-18-19-12-5-8-15-23(19)26(22(18)4-2)24-16-9-6-13-20(24)21-14-7-10-17-25(21)26;1-3-2/h3-17H,2H2,1H3;3H2,1-2H3/b11-3-;. The van der Waals surface area contributed by atoms with Crippen LogP contribution in [0, 0.1) is 0 Å². The molecular formula is C29H28. The number of rotatable bonds is 2. The molecule has 0 radical (unpaired) electrons. The van der Waals surface area contributed by atoms with Crippen molar-refractivity contribution < 1.29 is 0 Å². The fourth-order valence-electron chi connectivity index (χ4n) is 4.96. The summed E-state index contributed by atoms with van der Waals surface area (Å²) >= 11 is 0. The molecule has 3 aromatic rings. The Morgan fingerprint density at radius 1 is 0.724 bits per heavy atom. The van der Waals surface area contributed by atoms with Crippen molar-refractivity contribution in [1.29, 1.82) is 0 Å². The summed E-state index contributed by atoms with van der Waals surface area (Å²) in [6.45, 7) is 10.6. The lowest BCUT2D eigenvalue weighted by Gasteiger charge is -2.31. The van der Waals surface area contributed by atoms with Crippen LogP contribution in [0.5, 0.6) is 0 Å². The van der Waals surface area contributed by atoms with Gasteiger partial charge in [0.15, 0.2) is 0 Å². The minimum Gasteiger partial charge on any atom is -0.0987 e. The van der Waals surface area contributed by atoms with Crippen molar-refractivity contribution in [1.82, 2.24) is 0 Å². The van der Waals surface area contributed by atoms with Crippen LogP contribution in [0.25, 0.3) is 16.7 Å². The van der Waals surface area contributed by atoms with Crippen molar-refractivity contribution >= 4 is 5.57 Å². The van der Waals surface area contributed by atoms with Gasteiger partial charge in [0.2, 0.25) is 0 Å². The van der Waals surface area contributed by atoms with Crippen molar-refractivity contribution in [2.24, 2.45) is 0 Å². The molecule has 2 aliphatic carbocycles. The Kier molecular flexibility index (Phi) is 5.11. The Labute approximate surface area is 174 Å². The maximum absolute atomic E-state index is 4.23. The van der Waals surface area contributed by atoms with Crippen molar-refractivity contribution in [3.05, 3.63) is 125 Å². The Balaban J connectivity index is 0.000000645. The van der Waals surface area contributed by atoms with E-state index >= 15 is 0 Å². The van der Waals surface area contributed by atoms with Crippen LogP contribution in [-0.2, 0) is 5.41 Å². The Bertz CT molecular complexity index is 1080. The van der Waals surface area contributed by atoms with E-state index in [9.17, 15) is 0 Å². The summed E-state index contributed by atoms with van der Waals surface area (Å²) in [5.41, 5.74) is 10.4. The van der Waals surface area contributed by atoms with E-state index in [-0.39, 0.29) is 5.41 Å². The van der Waals surface area contributed by atoms with Crippen molar-refractivity contribution in [3.63, 3.8) is 0 Å². The van der Waals surface area contributed by atoms with Gasteiger partial charge in [-0.2, -0.15) is 0 Å². The van der Waals surface area contributed by atoms with E-state index in [1.807, 2.05) is 0 Å². The van der Waals surface area contributed by atoms with Crippen LogP contribution in [0.15, 0.2) is 103 Å². The van der Waals surface area contributed by atoms with E-state index in [1.54, 1.807) is 0 Å². The van der Waals surface area contributed by atoms with Gasteiger partial charge in [-0.05, 0) is 51.5 Å². The largest absolute Gasteiger partial charge is 0.0987 e. The fraction of sp³-hybridized carbons (Fsp3) is 0.172. The predicted molar refractivity (Wildman–Crippen MR) is 126 cm³/mol. The van der Waals surface area contributed by atoms with E-state index in [2.05, 4.69) is 118 Å². The quantitative estimate of drug-likeness (QED) is 0.426. The first kappa shape index (κ1) is 19.2. The highest BCUT2D eigenvalue weighted by Gasteiger charge is 2.51. The number of hydrogen-bond acceptors (Lipinski definition) is 0. The summed E-state index contributed by atoms with van der Waals surface area (Å²) < 4.78 is 0. The molecule has 0 bridgehead atoms. The Morgan fingerprint density at radius 3 is 1.59 bits per heavy atom. The maximum atomic E-state index is 4.23. The summed E-state index contributed by atoms with van der Waals surface area (Å²) in [5, 5.41) is 0. The van der Waals surface area contributed by atoms with Gasteiger partial charge in [-0.15, -0.1) is 0 Å². The molecule has 0 aromatic heterocycles. The van der Waals surface area contributed by atoms with Gasteiger partial charge in [-0.1, -0.05) is 118 Å². The summed E-state index contributed by atoms with van der Waals surface area (Å²) in [4.78, 5) is 0. The van der Waals surface area contributed by atoms with E-state index in [0.717, 1.165) is 0 Å². The van der Waals surface area contributed by atoms with Gasteiger partial charge in [-0.3, -0.25) is 0 Å². The lowest BCUT2D eigenvalue weighted by molar-refractivity contribution is 0.786. The molecule has 0 heteroatoms.